The second kappa shape index (κ2) is 8.04. The molecule has 2 aromatic carbocycles. The zero-order valence-electron chi connectivity index (χ0n) is 14.9. The average molecular weight is 423 g/mol. The van der Waals surface area contributed by atoms with Gasteiger partial charge in [0.25, 0.3) is 5.91 Å². The predicted octanol–water partition coefficient (Wildman–Crippen LogP) is 4.02. The minimum absolute atomic E-state index is 0.0531. The molecule has 2 aromatic rings. The molecule has 8 heteroatoms. The fourth-order valence-electron chi connectivity index (χ4n) is 2.66. The predicted molar refractivity (Wildman–Crippen MR) is 113 cm³/mol. The van der Waals surface area contributed by atoms with Crippen LogP contribution in [0.1, 0.15) is 22.8 Å². The van der Waals surface area contributed by atoms with E-state index < -0.39 is 9.84 Å². The highest BCUT2D eigenvalue weighted by molar-refractivity contribution is 8.14. The van der Waals surface area contributed by atoms with Crippen molar-refractivity contribution < 1.29 is 13.2 Å². The Morgan fingerprint density at radius 1 is 1.19 bits per heavy atom. The number of benzene rings is 2. The molecule has 0 saturated carbocycles. The van der Waals surface area contributed by atoms with E-state index in [4.69, 9.17) is 11.6 Å². The van der Waals surface area contributed by atoms with E-state index in [2.05, 4.69) is 4.99 Å². The van der Waals surface area contributed by atoms with Crippen LogP contribution in [-0.4, -0.2) is 37.5 Å². The van der Waals surface area contributed by atoms with Crippen LogP contribution in [0.5, 0.6) is 0 Å². The van der Waals surface area contributed by atoms with Crippen LogP contribution in [0.2, 0.25) is 5.02 Å². The number of amides is 1. The van der Waals surface area contributed by atoms with Crippen molar-refractivity contribution in [3.8, 4) is 0 Å². The van der Waals surface area contributed by atoms with Crippen LogP contribution in [0.25, 0.3) is 0 Å². The molecule has 0 aromatic heterocycles. The molecule has 0 saturated heterocycles. The van der Waals surface area contributed by atoms with Gasteiger partial charge in [-0.25, -0.2) is 8.42 Å². The number of anilines is 1. The Hall–Kier alpha value is -1.83. The smallest absolute Gasteiger partial charge is 0.264 e. The molecule has 0 N–H and O–H groups in total. The van der Waals surface area contributed by atoms with Crippen molar-refractivity contribution in [3.05, 3.63) is 64.7 Å². The zero-order chi connectivity index (χ0) is 19.6. The number of halogens is 1. The number of carbonyl (C=O) groups is 1. The average Bonchev–Trinajstić information content (AvgIpc) is 3.02. The monoisotopic (exact) mass is 422 g/mol. The Morgan fingerprint density at radius 3 is 2.33 bits per heavy atom. The van der Waals surface area contributed by atoms with E-state index in [0.717, 1.165) is 5.75 Å². The van der Waals surface area contributed by atoms with Gasteiger partial charge in [0, 0.05) is 22.6 Å². The van der Waals surface area contributed by atoms with Gasteiger partial charge < -0.3 is 0 Å². The fourth-order valence-corrected chi connectivity index (χ4v) is 4.62. The Kier molecular flexibility index (Phi) is 5.93. The third kappa shape index (κ3) is 5.12. The van der Waals surface area contributed by atoms with Gasteiger partial charge >= 0.3 is 0 Å². The molecule has 1 unspecified atom stereocenters. The molecule has 1 atom stereocenters. The van der Waals surface area contributed by atoms with Gasteiger partial charge in [0.2, 0.25) is 0 Å². The number of thioether (sulfide) groups is 1. The van der Waals surface area contributed by atoms with E-state index in [1.165, 1.54) is 18.0 Å². The summed E-state index contributed by atoms with van der Waals surface area (Å²) in [4.78, 5) is 19.4. The van der Waals surface area contributed by atoms with Gasteiger partial charge in [-0.15, -0.1) is 0 Å². The number of rotatable bonds is 4. The molecule has 1 amide bonds. The molecule has 0 radical (unpaired) electrons. The lowest BCUT2D eigenvalue weighted by Crippen LogP contribution is -2.34. The summed E-state index contributed by atoms with van der Waals surface area (Å²) in [6, 6.07) is 13.8. The molecule has 5 nitrogen and oxygen atoms in total. The molecule has 27 heavy (non-hydrogen) atoms. The molecule has 0 aliphatic carbocycles. The molecule has 1 aliphatic heterocycles. The SMILES string of the molecule is CC1CSC(N(C(=O)c2ccc(CS(C)(=O)=O)cc2)c2ccc(Cl)cc2)=N1. The summed E-state index contributed by atoms with van der Waals surface area (Å²) < 4.78 is 22.9. The third-order valence-corrected chi connectivity index (χ3v) is 6.20. The van der Waals surface area contributed by atoms with Gasteiger partial charge in [-0.1, -0.05) is 35.5 Å². The topological polar surface area (TPSA) is 66.8 Å². The normalized spacial score (nSPS) is 16.9. The molecule has 0 fully saturated rings. The van der Waals surface area contributed by atoms with Crippen molar-refractivity contribution in [2.75, 3.05) is 16.9 Å². The van der Waals surface area contributed by atoms with Gasteiger partial charge in [0.05, 0.1) is 17.5 Å². The minimum atomic E-state index is -3.12. The van der Waals surface area contributed by atoms with Crippen LogP contribution in [-0.2, 0) is 15.6 Å². The quantitative estimate of drug-likeness (QED) is 0.746. The van der Waals surface area contributed by atoms with Gasteiger partial charge in [-0.2, -0.15) is 0 Å². The first-order chi connectivity index (χ1) is 12.7. The molecule has 3 rings (SSSR count). The number of hydrogen-bond acceptors (Lipinski definition) is 5. The van der Waals surface area contributed by atoms with Crippen molar-refractivity contribution in [3.63, 3.8) is 0 Å². The third-order valence-electron chi connectivity index (χ3n) is 3.89. The highest BCUT2D eigenvalue weighted by atomic mass is 35.5. The van der Waals surface area contributed by atoms with Crippen molar-refractivity contribution in [2.45, 2.75) is 18.7 Å². The molecular formula is C19H19ClN2O3S2. The van der Waals surface area contributed by atoms with Gasteiger partial charge in [0.15, 0.2) is 15.0 Å². The largest absolute Gasteiger partial charge is 0.268 e. The van der Waals surface area contributed by atoms with Gasteiger partial charge in [-0.05, 0) is 48.9 Å². The summed E-state index contributed by atoms with van der Waals surface area (Å²) in [5, 5.41) is 1.24. The van der Waals surface area contributed by atoms with E-state index in [0.29, 0.717) is 27.0 Å². The Morgan fingerprint density at radius 2 is 1.81 bits per heavy atom. The van der Waals surface area contributed by atoms with E-state index in [9.17, 15) is 13.2 Å². The van der Waals surface area contributed by atoms with Crippen molar-refractivity contribution in [2.24, 2.45) is 4.99 Å². The van der Waals surface area contributed by atoms with Crippen LogP contribution in [0.3, 0.4) is 0 Å². The highest BCUT2D eigenvalue weighted by Crippen LogP contribution is 2.28. The number of sulfone groups is 1. The van der Waals surface area contributed by atoms with Crippen molar-refractivity contribution >= 4 is 50.0 Å². The lowest BCUT2D eigenvalue weighted by molar-refractivity contribution is 0.100. The summed E-state index contributed by atoms with van der Waals surface area (Å²) in [6.45, 7) is 2.00. The lowest BCUT2D eigenvalue weighted by Gasteiger charge is -2.22. The number of hydrogen-bond donors (Lipinski definition) is 0. The van der Waals surface area contributed by atoms with Crippen LogP contribution < -0.4 is 4.90 Å². The first-order valence-corrected chi connectivity index (χ1v) is 11.7. The van der Waals surface area contributed by atoms with Gasteiger partial charge in [0.1, 0.15) is 0 Å². The Bertz CT molecular complexity index is 971. The molecule has 1 heterocycles. The summed E-state index contributed by atoms with van der Waals surface area (Å²) >= 11 is 7.51. The summed E-state index contributed by atoms with van der Waals surface area (Å²) in [5.41, 5.74) is 1.79. The first-order valence-electron chi connectivity index (χ1n) is 8.30. The summed E-state index contributed by atoms with van der Waals surface area (Å²) in [7, 11) is -3.12. The van der Waals surface area contributed by atoms with E-state index in [1.54, 1.807) is 53.4 Å². The summed E-state index contributed by atoms with van der Waals surface area (Å²) in [5.74, 6) is 0.547. The Labute approximate surface area is 168 Å². The second-order valence-corrected chi connectivity index (χ2v) is 10.0. The number of nitrogens with zero attached hydrogens (tertiary/aromatic N) is 2. The minimum Gasteiger partial charge on any atom is -0.268 e. The van der Waals surface area contributed by atoms with E-state index in [-0.39, 0.29) is 17.7 Å². The highest BCUT2D eigenvalue weighted by Gasteiger charge is 2.27. The molecule has 0 bridgehead atoms. The van der Waals surface area contributed by atoms with Crippen LogP contribution in [0, 0.1) is 0 Å². The zero-order valence-corrected chi connectivity index (χ0v) is 17.3. The second-order valence-electron chi connectivity index (χ2n) is 6.46. The maximum Gasteiger partial charge on any atom is 0.264 e. The standard InChI is InChI=1S/C19H19ClN2O3S2/c1-13-11-26-19(21-13)22(17-9-7-16(20)8-10-17)18(23)15-5-3-14(4-6-15)12-27(2,24)25/h3-10,13H,11-12H2,1-2H3. The maximum atomic E-state index is 13.2. The fraction of sp³-hybridized carbons (Fsp3) is 0.263. The van der Waals surface area contributed by atoms with Crippen LogP contribution in [0.4, 0.5) is 5.69 Å². The first kappa shape index (κ1) is 19.9. The van der Waals surface area contributed by atoms with Crippen molar-refractivity contribution in [1.82, 2.24) is 0 Å². The van der Waals surface area contributed by atoms with E-state index >= 15 is 0 Å². The summed E-state index contributed by atoms with van der Waals surface area (Å²) in [6.07, 6.45) is 1.19. The molecule has 0 spiro atoms. The van der Waals surface area contributed by atoms with E-state index in [1.807, 2.05) is 6.92 Å². The lowest BCUT2D eigenvalue weighted by atomic mass is 10.1. The van der Waals surface area contributed by atoms with Crippen molar-refractivity contribution in [1.29, 1.82) is 0 Å². The van der Waals surface area contributed by atoms with Crippen LogP contribution in [0.15, 0.2) is 53.5 Å². The number of aliphatic imine (C=N–C) groups is 1. The molecule has 1 aliphatic rings. The Balaban J connectivity index is 1.93. The molecule has 142 valence electrons. The number of amidine groups is 1. The van der Waals surface area contributed by atoms with Crippen LogP contribution >= 0.6 is 23.4 Å². The number of carbonyl (C=O) groups excluding carboxylic acids is 1. The van der Waals surface area contributed by atoms with Gasteiger partial charge in [-0.3, -0.25) is 14.7 Å². The molecular weight excluding hydrogens is 404 g/mol. The maximum absolute atomic E-state index is 13.2.